The maximum atomic E-state index is 12.8. The molecule has 2 aromatic heterocycles. The third kappa shape index (κ3) is 6.59. The van der Waals surface area contributed by atoms with Gasteiger partial charge < -0.3 is 9.64 Å². The van der Waals surface area contributed by atoms with E-state index in [9.17, 15) is 19.6 Å². The van der Waals surface area contributed by atoms with E-state index in [2.05, 4.69) is 21.4 Å². The number of nitrogens with zero attached hydrogens (tertiary/aromatic N) is 6. The average molecular weight is 480 g/mol. The fourth-order valence-electron chi connectivity index (χ4n) is 3.69. The van der Waals surface area contributed by atoms with Crippen LogP contribution < -0.4 is 10.2 Å². The lowest BCUT2D eigenvalue weighted by molar-refractivity contribution is -0.136. The summed E-state index contributed by atoms with van der Waals surface area (Å²) in [6.07, 6.45) is 3.39. The van der Waals surface area contributed by atoms with Crippen molar-refractivity contribution in [3.8, 4) is 6.07 Å². The Labute approximate surface area is 204 Å². The van der Waals surface area contributed by atoms with Gasteiger partial charge in [-0.1, -0.05) is 6.07 Å². The lowest BCUT2D eigenvalue weighted by Crippen LogP contribution is -2.48. The number of nitriles is 1. The number of aromatic nitrogens is 2. The summed E-state index contributed by atoms with van der Waals surface area (Å²) in [5.74, 6) is 0.564. The maximum absolute atomic E-state index is 12.8. The minimum absolute atomic E-state index is 0.00678. The van der Waals surface area contributed by atoms with Crippen LogP contribution in [-0.4, -0.2) is 85.4 Å². The average Bonchev–Trinajstić information content (AvgIpc) is 2.85. The summed E-state index contributed by atoms with van der Waals surface area (Å²) in [4.78, 5) is 50.2. The van der Waals surface area contributed by atoms with Gasteiger partial charge in [-0.15, -0.1) is 0 Å². The van der Waals surface area contributed by atoms with Crippen molar-refractivity contribution in [2.24, 2.45) is 0 Å². The number of piperazine rings is 1. The first kappa shape index (κ1) is 25.7. The molecule has 1 saturated heterocycles. The van der Waals surface area contributed by atoms with Gasteiger partial charge in [0.15, 0.2) is 6.29 Å². The van der Waals surface area contributed by atoms with Crippen LogP contribution in [0, 0.1) is 11.3 Å². The zero-order chi connectivity index (χ0) is 25.4. The van der Waals surface area contributed by atoms with Crippen molar-refractivity contribution in [3.05, 3.63) is 46.8 Å². The predicted molar refractivity (Wildman–Crippen MR) is 129 cm³/mol. The number of carbonyl (C=O) groups is 3. The molecule has 1 fully saturated rings. The Balaban J connectivity index is 1.71. The van der Waals surface area contributed by atoms with Gasteiger partial charge in [-0.05, 0) is 37.6 Å². The summed E-state index contributed by atoms with van der Waals surface area (Å²) in [6.45, 7) is 2.51. The summed E-state index contributed by atoms with van der Waals surface area (Å²) in [5, 5.41) is 12.0. The fourth-order valence-corrected chi connectivity index (χ4v) is 3.69. The van der Waals surface area contributed by atoms with E-state index in [1.807, 2.05) is 11.9 Å². The van der Waals surface area contributed by atoms with Crippen LogP contribution in [0.15, 0.2) is 24.4 Å². The zero-order valence-corrected chi connectivity index (χ0v) is 20.2. The van der Waals surface area contributed by atoms with E-state index in [1.165, 1.54) is 18.1 Å². The number of carbonyl (C=O) groups excluding carboxylic acids is 3. The highest BCUT2D eigenvalue weighted by Crippen LogP contribution is 2.19. The number of amides is 3. The van der Waals surface area contributed by atoms with Gasteiger partial charge in [0.05, 0.1) is 12.1 Å². The van der Waals surface area contributed by atoms with Crippen LogP contribution >= 0.6 is 0 Å². The van der Waals surface area contributed by atoms with Gasteiger partial charge >= 0.3 is 6.03 Å². The fraction of sp³-hybridized carbons (Fsp3) is 0.417. The lowest BCUT2D eigenvalue weighted by Gasteiger charge is -2.32. The van der Waals surface area contributed by atoms with Gasteiger partial charge in [0, 0.05) is 52.2 Å². The van der Waals surface area contributed by atoms with E-state index in [-0.39, 0.29) is 24.0 Å². The molecule has 0 aromatic carbocycles. The van der Waals surface area contributed by atoms with Crippen LogP contribution in [0.25, 0.3) is 0 Å². The van der Waals surface area contributed by atoms with Crippen molar-refractivity contribution in [1.29, 1.82) is 5.26 Å². The number of anilines is 2. The van der Waals surface area contributed by atoms with E-state index < -0.39 is 6.03 Å². The molecule has 1 N–H and O–H groups in total. The van der Waals surface area contributed by atoms with Crippen molar-refractivity contribution in [2.75, 3.05) is 57.7 Å². The molecule has 184 valence electrons. The second kappa shape index (κ2) is 12.0. The molecule has 0 spiro atoms. The first-order chi connectivity index (χ1) is 16.9. The third-order valence-electron chi connectivity index (χ3n) is 5.77. The van der Waals surface area contributed by atoms with E-state index >= 15 is 0 Å². The van der Waals surface area contributed by atoms with Gasteiger partial charge in [-0.25, -0.2) is 14.8 Å². The summed E-state index contributed by atoms with van der Waals surface area (Å²) in [6, 6.07) is 6.60. The number of hydrogen-bond donors (Lipinski definition) is 1. The molecule has 3 heterocycles. The Hall–Kier alpha value is -3.88. The first-order valence-electron chi connectivity index (χ1n) is 11.2. The molecule has 3 rings (SSSR count). The number of aldehydes is 1. The zero-order valence-electron chi connectivity index (χ0n) is 20.2. The Morgan fingerprint density at radius 3 is 2.83 bits per heavy atom. The molecular formula is C24H29N7O4. The van der Waals surface area contributed by atoms with Crippen molar-refractivity contribution in [1.82, 2.24) is 19.8 Å². The number of hydrogen-bond acceptors (Lipinski definition) is 8. The molecule has 0 saturated carbocycles. The number of likely N-dealkylation sites (N-methyl/N-ethyl adjacent to an activating group) is 1. The van der Waals surface area contributed by atoms with E-state index in [0.29, 0.717) is 49.3 Å². The Morgan fingerprint density at radius 2 is 2.14 bits per heavy atom. The highest BCUT2D eigenvalue weighted by Gasteiger charge is 2.23. The van der Waals surface area contributed by atoms with Crippen LogP contribution in [0.4, 0.5) is 16.4 Å². The monoisotopic (exact) mass is 479 g/mol. The molecule has 35 heavy (non-hydrogen) atoms. The molecule has 0 aliphatic carbocycles. The number of methoxy groups -OCH3 is 1. The van der Waals surface area contributed by atoms with Crippen LogP contribution in [0.2, 0.25) is 0 Å². The predicted octanol–water partition coefficient (Wildman–Crippen LogP) is 1.68. The molecule has 11 heteroatoms. The van der Waals surface area contributed by atoms with Crippen LogP contribution in [-0.2, 0) is 22.5 Å². The van der Waals surface area contributed by atoms with Crippen molar-refractivity contribution >= 4 is 29.9 Å². The standard InChI is InChI=1S/C24H29N7O4/c1-29-8-9-31(23(33)15-29)14-18-6-7-22(27-20(18)16-32)30(2)24(34)28-21-11-17(5-4-10-35-3)19(12-25)13-26-21/h6-7,11,13,16H,4-5,8-10,14-15H2,1-3H3,(H,26,28,34). The normalized spacial score (nSPS) is 13.9. The van der Waals surface area contributed by atoms with Crippen molar-refractivity contribution in [3.63, 3.8) is 0 Å². The minimum atomic E-state index is -0.503. The van der Waals surface area contributed by atoms with Crippen molar-refractivity contribution < 1.29 is 19.1 Å². The number of pyridine rings is 2. The molecule has 3 amide bonds. The maximum Gasteiger partial charge on any atom is 0.328 e. The quantitative estimate of drug-likeness (QED) is 0.424. The highest BCUT2D eigenvalue weighted by molar-refractivity contribution is 6.00. The number of ether oxygens (including phenoxy) is 1. The summed E-state index contributed by atoms with van der Waals surface area (Å²) in [5.41, 5.74) is 2.00. The molecule has 11 nitrogen and oxygen atoms in total. The minimum Gasteiger partial charge on any atom is -0.385 e. The number of urea groups is 1. The van der Waals surface area contributed by atoms with E-state index in [4.69, 9.17) is 4.74 Å². The van der Waals surface area contributed by atoms with Gasteiger partial charge in [-0.3, -0.25) is 24.7 Å². The molecular weight excluding hydrogens is 450 g/mol. The van der Waals surface area contributed by atoms with Crippen LogP contribution in [0.3, 0.4) is 0 Å². The van der Waals surface area contributed by atoms with Gasteiger partial charge in [0.1, 0.15) is 23.4 Å². The Morgan fingerprint density at radius 1 is 1.34 bits per heavy atom. The third-order valence-corrected chi connectivity index (χ3v) is 5.77. The van der Waals surface area contributed by atoms with E-state index in [0.717, 1.165) is 18.5 Å². The smallest absolute Gasteiger partial charge is 0.328 e. The summed E-state index contributed by atoms with van der Waals surface area (Å²) < 4.78 is 5.06. The first-order valence-corrected chi connectivity index (χ1v) is 11.2. The SMILES string of the molecule is COCCCc1cc(NC(=O)N(C)c2ccc(CN3CCN(C)CC3=O)c(C=O)n2)ncc1C#N. The molecule has 2 aromatic rings. The van der Waals surface area contributed by atoms with Crippen molar-refractivity contribution in [2.45, 2.75) is 19.4 Å². The molecule has 0 unspecified atom stereocenters. The Kier molecular flexibility index (Phi) is 8.83. The highest BCUT2D eigenvalue weighted by atomic mass is 16.5. The molecule has 0 radical (unpaired) electrons. The second-order valence-electron chi connectivity index (χ2n) is 8.31. The summed E-state index contributed by atoms with van der Waals surface area (Å²) >= 11 is 0. The molecule has 0 atom stereocenters. The topological polar surface area (TPSA) is 132 Å². The number of rotatable bonds is 9. The molecule has 0 bridgehead atoms. The summed E-state index contributed by atoms with van der Waals surface area (Å²) in [7, 11) is 5.03. The Bertz CT molecular complexity index is 1130. The van der Waals surface area contributed by atoms with Crippen LogP contribution in [0.1, 0.15) is 33.6 Å². The van der Waals surface area contributed by atoms with Gasteiger partial charge in [-0.2, -0.15) is 5.26 Å². The van der Waals surface area contributed by atoms with Gasteiger partial charge in [0.2, 0.25) is 5.91 Å². The van der Waals surface area contributed by atoms with Gasteiger partial charge in [0.25, 0.3) is 0 Å². The van der Waals surface area contributed by atoms with Crippen LogP contribution in [0.5, 0.6) is 0 Å². The largest absolute Gasteiger partial charge is 0.385 e. The molecule has 1 aliphatic rings. The van der Waals surface area contributed by atoms with E-state index in [1.54, 1.807) is 30.2 Å². The molecule has 1 aliphatic heterocycles. The number of nitrogens with one attached hydrogen (secondary N) is 1. The lowest BCUT2D eigenvalue weighted by atomic mass is 10.1. The second-order valence-corrected chi connectivity index (χ2v) is 8.31. The number of aryl methyl sites for hydroxylation is 1.